The predicted octanol–water partition coefficient (Wildman–Crippen LogP) is 1.46. The summed E-state index contributed by atoms with van der Waals surface area (Å²) in [7, 11) is 0. The Labute approximate surface area is 99.0 Å². The zero-order chi connectivity index (χ0) is 12.8. The average molecular weight is 235 g/mol. The van der Waals surface area contributed by atoms with E-state index in [-0.39, 0.29) is 17.9 Å². The quantitative estimate of drug-likeness (QED) is 0.784. The van der Waals surface area contributed by atoms with Gasteiger partial charge in [-0.1, -0.05) is 12.8 Å². The molecule has 0 aliphatic carbocycles. The van der Waals surface area contributed by atoms with E-state index < -0.39 is 11.9 Å². The number of carboxylic acid groups (broad SMARTS) is 1. The third kappa shape index (κ3) is 3.11. The standard InChI is InChI=1S/C12H13NO4/c1-3-5-13(6-4-2)11(14)10-7-9(8-17-10)12(15)16/h1,7-8H,4-6H2,2H3,(H,15,16). The topological polar surface area (TPSA) is 70.8 Å². The summed E-state index contributed by atoms with van der Waals surface area (Å²) >= 11 is 0. The normalized spacial score (nSPS) is 9.65. The summed E-state index contributed by atoms with van der Waals surface area (Å²) in [5.74, 6) is 0.848. The first kappa shape index (κ1) is 12.8. The molecule has 0 saturated heterocycles. The van der Waals surface area contributed by atoms with Gasteiger partial charge < -0.3 is 14.4 Å². The summed E-state index contributed by atoms with van der Waals surface area (Å²) in [6, 6.07) is 1.20. The number of carbonyl (C=O) groups excluding carboxylic acids is 1. The smallest absolute Gasteiger partial charge is 0.338 e. The van der Waals surface area contributed by atoms with Crippen LogP contribution in [0.2, 0.25) is 0 Å². The largest absolute Gasteiger partial charge is 0.478 e. The molecule has 0 atom stereocenters. The Morgan fingerprint density at radius 1 is 1.59 bits per heavy atom. The van der Waals surface area contributed by atoms with Gasteiger partial charge in [-0.2, -0.15) is 0 Å². The molecule has 0 bridgehead atoms. The van der Waals surface area contributed by atoms with Gasteiger partial charge in [-0.3, -0.25) is 4.79 Å². The van der Waals surface area contributed by atoms with E-state index in [9.17, 15) is 9.59 Å². The SMILES string of the molecule is C#CCN(CCC)C(=O)c1cc(C(=O)O)co1. The van der Waals surface area contributed by atoms with Gasteiger partial charge in [0.25, 0.3) is 5.91 Å². The van der Waals surface area contributed by atoms with E-state index >= 15 is 0 Å². The fourth-order valence-corrected chi connectivity index (χ4v) is 1.35. The van der Waals surface area contributed by atoms with E-state index in [1.807, 2.05) is 6.92 Å². The van der Waals surface area contributed by atoms with Gasteiger partial charge in [0.05, 0.1) is 12.1 Å². The Morgan fingerprint density at radius 3 is 2.76 bits per heavy atom. The summed E-state index contributed by atoms with van der Waals surface area (Å²) in [5, 5.41) is 8.71. The maximum atomic E-state index is 11.9. The van der Waals surface area contributed by atoms with Crippen molar-refractivity contribution in [2.75, 3.05) is 13.1 Å². The molecule has 0 aromatic carbocycles. The average Bonchev–Trinajstić information content (AvgIpc) is 2.77. The van der Waals surface area contributed by atoms with Crippen LogP contribution in [0.5, 0.6) is 0 Å². The number of carbonyl (C=O) groups is 2. The van der Waals surface area contributed by atoms with Crippen molar-refractivity contribution in [1.82, 2.24) is 4.90 Å². The van der Waals surface area contributed by atoms with Crippen molar-refractivity contribution in [2.45, 2.75) is 13.3 Å². The molecule has 0 unspecified atom stereocenters. The molecular weight excluding hydrogens is 222 g/mol. The molecule has 1 amide bonds. The van der Waals surface area contributed by atoms with E-state index in [1.54, 1.807) is 0 Å². The minimum Gasteiger partial charge on any atom is -0.478 e. The van der Waals surface area contributed by atoms with Crippen molar-refractivity contribution in [3.8, 4) is 12.3 Å². The highest BCUT2D eigenvalue weighted by molar-refractivity contribution is 5.95. The molecule has 0 radical (unpaired) electrons. The summed E-state index contributed by atoms with van der Waals surface area (Å²) in [5.41, 5.74) is -0.0505. The molecule has 0 saturated carbocycles. The number of hydrogen-bond acceptors (Lipinski definition) is 3. The summed E-state index contributed by atoms with van der Waals surface area (Å²) in [6.07, 6.45) is 6.96. The molecule has 1 aromatic rings. The summed E-state index contributed by atoms with van der Waals surface area (Å²) in [4.78, 5) is 24.0. The molecule has 0 aliphatic rings. The zero-order valence-corrected chi connectivity index (χ0v) is 9.47. The van der Waals surface area contributed by atoms with Crippen LogP contribution in [-0.4, -0.2) is 35.0 Å². The van der Waals surface area contributed by atoms with Crippen molar-refractivity contribution in [1.29, 1.82) is 0 Å². The van der Waals surface area contributed by atoms with Gasteiger partial charge in [0.15, 0.2) is 5.76 Å². The van der Waals surface area contributed by atoms with Crippen LogP contribution in [0.4, 0.5) is 0 Å². The molecular formula is C12H13NO4. The van der Waals surface area contributed by atoms with Crippen LogP contribution in [0.1, 0.15) is 34.3 Å². The van der Waals surface area contributed by atoms with Crippen molar-refractivity contribution in [3.05, 3.63) is 23.7 Å². The van der Waals surface area contributed by atoms with Crippen LogP contribution >= 0.6 is 0 Å². The molecule has 1 rings (SSSR count). The summed E-state index contributed by atoms with van der Waals surface area (Å²) < 4.78 is 4.92. The van der Waals surface area contributed by atoms with Crippen molar-refractivity contribution >= 4 is 11.9 Å². The number of furan rings is 1. The number of aromatic carboxylic acids is 1. The highest BCUT2D eigenvalue weighted by atomic mass is 16.4. The Balaban J connectivity index is 2.85. The molecule has 1 heterocycles. The van der Waals surface area contributed by atoms with Gasteiger partial charge >= 0.3 is 5.97 Å². The first-order valence-corrected chi connectivity index (χ1v) is 5.14. The van der Waals surface area contributed by atoms with E-state index in [2.05, 4.69) is 5.92 Å². The van der Waals surface area contributed by atoms with E-state index in [1.165, 1.54) is 11.0 Å². The number of terminal acetylenes is 1. The predicted molar refractivity (Wildman–Crippen MR) is 60.7 cm³/mol. The van der Waals surface area contributed by atoms with Crippen LogP contribution in [-0.2, 0) is 0 Å². The number of rotatable bonds is 5. The molecule has 17 heavy (non-hydrogen) atoms. The second-order valence-electron chi connectivity index (χ2n) is 3.44. The number of carboxylic acids is 1. The van der Waals surface area contributed by atoms with Gasteiger partial charge in [0, 0.05) is 12.6 Å². The molecule has 0 aliphatic heterocycles. The van der Waals surface area contributed by atoms with E-state index in [4.69, 9.17) is 15.9 Å². The van der Waals surface area contributed by atoms with Crippen molar-refractivity contribution in [3.63, 3.8) is 0 Å². The Bertz CT molecular complexity index is 455. The lowest BCUT2D eigenvalue weighted by Crippen LogP contribution is -2.31. The molecule has 5 heteroatoms. The van der Waals surface area contributed by atoms with Crippen LogP contribution in [0.3, 0.4) is 0 Å². The highest BCUT2D eigenvalue weighted by Gasteiger charge is 2.19. The third-order valence-corrected chi connectivity index (χ3v) is 2.12. The van der Waals surface area contributed by atoms with Crippen LogP contribution in [0.25, 0.3) is 0 Å². The van der Waals surface area contributed by atoms with Crippen LogP contribution in [0, 0.1) is 12.3 Å². The number of nitrogens with zero attached hydrogens (tertiary/aromatic N) is 1. The van der Waals surface area contributed by atoms with Crippen molar-refractivity contribution in [2.24, 2.45) is 0 Å². The Kier molecular flexibility index (Phi) is 4.35. The fourth-order valence-electron chi connectivity index (χ4n) is 1.35. The monoisotopic (exact) mass is 235 g/mol. The number of amides is 1. The minimum absolute atomic E-state index is 0.00824. The first-order valence-electron chi connectivity index (χ1n) is 5.14. The Hall–Kier alpha value is -2.22. The molecule has 0 spiro atoms. The van der Waals surface area contributed by atoms with E-state index in [0.29, 0.717) is 6.54 Å². The highest BCUT2D eigenvalue weighted by Crippen LogP contribution is 2.11. The van der Waals surface area contributed by atoms with Gasteiger partial charge in [-0.05, 0) is 6.42 Å². The molecule has 1 aromatic heterocycles. The minimum atomic E-state index is -1.13. The second kappa shape index (κ2) is 5.75. The van der Waals surface area contributed by atoms with Crippen molar-refractivity contribution < 1.29 is 19.1 Å². The van der Waals surface area contributed by atoms with Gasteiger partial charge in [-0.25, -0.2) is 4.79 Å². The lowest BCUT2D eigenvalue weighted by molar-refractivity contribution is 0.0694. The maximum Gasteiger partial charge on any atom is 0.338 e. The second-order valence-corrected chi connectivity index (χ2v) is 3.44. The Morgan fingerprint density at radius 2 is 2.29 bits per heavy atom. The van der Waals surface area contributed by atoms with Crippen LogP contribution < -0.4 is 0 Å². The lowest BCUT2D eigenvalue weighted by Gasteiger charge is -2.17. The van der Waals surface area contributed by atoms with Gasteiger partial charge in [0.1, 0.15) is 6.26 Å². The zero-order valence-electron chi connectivity index (χ0n) is 9.47. The maximum absolute atomic E-state index is 11.9. The summed E-state index contributed by atoms with van der Waals surface area (Å²) in [6.45, 7) is 2.60. The molecule has 0 fully saturated rings. The third-order valence-electron chi connectivity index (χ3n) is 2.12. The fraction of sp³-hybridized carbons (Fsp3) is 0.333. The number of hydrogen-bond donors (Lipinski definition) is 1. The van der Waals surface area contributed by atoms with Crippen LogP contribution in [0.15, 0.2) is 16.7 Å². The molecule has 1 N–H and O–H groups in total. The molecule has 5 nitrogen and oxygen atoms in total. The lowest BCUT2D eigenvalue weighted by atomic mass is 10.3. The van der Waals surface area contributed by atoms with Gasteiger partial charge in [0.2, 0.25) is 0 Å². The van der Waals surface area contributed by atoms with Gasteiger partial charge in [-0.15, -0.1) is 6.42 Å². The molecule has 90 valence electrons. The first-order chi connectivity index (χ1) is 8.10. The van der Waals surface area contributed by atoms with E-state index in [0.717, 1.165) is 12.7 Å².